The molecule has 1 amide bonds. The molecule has 0 saturated carbocycles. The summed E-state index contributed by atoms with van der Waals surface area (Å²) in [5, 5.41) is 0. The topological polar surface area (TPSA) is 70.6 Å². The van der Waals surface area contributed by atoms with Crippen LogP contribution < -0.4 is 5.69 Å². The first-order valence-corrected chi connectivity index (χ1v) is 10.2. The zero-order valence-electron chi connectivity index (χ0n) is 17.1. The summed E-state index contributed by atoms with van der Waals surface area (Å²) in [7, 11) is 0. The maximum absolute atomic E-state index is 12.6. The Morgan fingerprint density at radius 1 is 1.34 bits per heavy atom. The van der Waals surface area contributed by atoms with Crippen LogP contribution in [0.5, 0.6) is 0 Å². The molecule has 0 bridgehead atoms. The summed E-state index contributed by atoms with van der Waals surface area (Å²) in [6.07, 6.45) is 7.58. The SMILES string of the molecule is C#CCOC(=O)N1CCC(C)(N2CCC(n3c(=O)[nH]c4ccc(C)cc43)CC2)C1. The van der Waals surface area contributed by atoms with Crippen molar-refractivity contribution >= 4 is 17.1 Å². The van der Waals surface area contributed by atoms with Gasteiger partial charge in [-0.1, -0.05) is 12.0 Å². The van der Waals surface area contributed by atoms with Crippen LogP contribution in [0.4, 0.5) is 4.79 Å². The lowest BCUT2D eigenvalue weighted by atomic mass is 9.93. The molecule has 2 aliphatic rings. The number of ether oxygens (including phenoxy) is 1. The van der Waals surface area contributed by atoms with Gasteiger partial charge in [0.05, 0.1) is 11.0 Å². The van der Waals surface area contributed by atoms with Gasteiger partial charge in [0.25, 0.3) is 0 Å². The number of fused-ring (bicyclic) bond motifs is 1. The largest absolute Gasteiger partial charge is 0.436 e. The molecule has 7 nitrogen and oxygen atoms in total. The van der Waals surface area contributed by atoms with Gasteiger partial charge in [-0.25, -0.2) is 9.59 Å². The first-order chi connectivity index (χ1) is 13.9. The van der Waals surface area contributed by atoms with Crippen LogP contribution in [0.3, 0.4) is 0 Å². The molecule has 2 aliphatic heterocycles. The number of likely N-dealkylation sites (tertiary alicyclic amines) is 2. The van der Waals surface area contributed by atoms with Crippen LogP contribution >= 0.6 is 0 Å². The standard InChI is InChI=1S/C22H28N4O3/c1-4-13-29-21(28)24-12-9-22(3,15-24)25-10-7-17(8-11-25)26-19-14-16(2)5-6-18(19)23-20(26)27/h1,5-6,14,17H,7-13,15H2,2-3H3,(H,23,27). The van der Waals surface area contributed by atoms with E-state index in [2.05, 4.69) is 28.8 Å². The lowest BCUT2D eigenvalue weighted by Gasteiger charge is -2.43. The number of nitrogens with one attached hydrogen (secondary N) is 1. The summed E-state index contributed by atoms with van der Waals surface area (Å²) in [5.74, 6) is 2.33. The molecule has 2 saturated heterocycles. The molecule has 1 aromatic carbocycles. The number of hydrogen-bond donors (Lipinski definition) is 1. The fraction of sp³-hybridized carbons (Fsp3) is 0.545. The molecule has 1 atom stereocenters. The lowest BCUT2D eigenvalue weighted by molar-refractivity contribution is 0.0650. The molecular formula is C22H28N4O3. The number of nitrogens with zero attached hydrogens (tertiary/aromatic N) is 3. The van der Waals surface area contributed by atoms with Crippen molar-refractivity contribution in [2.75, 3.05) is 32.8 Å². The van der Waals surface area contributed by atoms with Gasteiger partial charge < -0.3 is 14.6 Å². The van der Waals surface area contributed by atoms with Crippen molar-refractivity contribution in [3.8, 4) is 12.3 Å². The van der Waals surface area contributed by atoms with Crippen LogP contribution in [0.2, 0.25) is 0 Å². The molecule has 7 heteroatoms. The van der Waals surface area contributed by atoms with Crippen molar-refractivity contribution in [3.63, 3.8) is 0 Å². The van der Waals surface area contributed by atoms with Gasteiger partial charge in [0.1, 0.15) is 0 Å². The van der Waals surface area contributed by atoms with Gasteiger partial charge in [-0.15, -0.1) is 6.42 Å². The molecule has 4 rings (SSSR count). The average molecular weight is 396 g/mol. The summed E-state index contributed by atoms with van der Waals surface area (Å²) >= 11 is 0. The minimum atomic E-state index is -0.331. The Bertz CT molecular complexity index is 1010. The number of rotatable bonds is 3. The minimum absolute atomic E-state index is 0.0102. The zero-order chi connectivity index (χ0) is 20.6. The maximum Gasteiger partial charge on any atom is 0.410 e. The number of H-pyrrole nitrogens is 1. The van der Waals surface area contributed by atoms with Gasteiger partial charge >= 0.3 is 11.8 Å². The number of benzene rings is 1. The van der Waals surface area contributed by atoms with Crippen LogP contribution in [0.25, 0.3) is 11.0 Å². The van der Waals surface area contributed by atoms with Crippen molar-refractivity contribution in [2.24, 2.45) is 0 Å². The molecule has 0 spiro atoms. The number of amides is 1. The van der Waals surface area contributed by atoms with Crippen molar-refractivity contribution in [1.82, 2.24) is 19.4 Å². The fourth-order valence-corrected chi connectivity index (χ4v) is 4.81. The third-order valence-electron chi connectivity index (χ3n) is 6.46. The Labute approximate surface area is 170 Å². The number of carbonyl (C=O) groups is 1. The van der Waals surface area contributed by atoms with E-state index in [0.717, 1.165) is 48.9 Å². The number of carbonyl (C=O) groups excluding carboxylic acids is 1. The zero-order valence-corrected chi connectivity index (χ0v) is 17.1. The molecule has 0 aliphatic carbocycles. The van der Waals surface area contributed by atoms with E-state index in [1.807, 2.05) is 23.6 Å². The Hall–Kier alpha value is -2.72. The highest BCUT2D eigenvalue weighted by molar-refractivity contribution is 5.76. The predicted molar refractivity (Wildman–Crippen MR) is 112 cm³/mol. The minimum Gasteiger partial charge on any atom is -0.436 e. The lowest BCUT2D eigenvalue weighted by Crippen LogP contribution is -2.52. The van der Waals surface area contributed by atoms with Gasteiger partial charge in [0.2, 0.25) is 0 Å². The monoisotopic (exact) mass is 396 g/mol. The summed E-state index contributed by atoms with van der Waals surface area (Å²) < 4.78 is 7.01. The second-order valence-electron chi connectivity index (χ2n) is 8.47. The van der Waals surface area contributed by atoms with E-state index in [1.54, 1.807) is 4.90 Å². The summed E-state index contributed by atoms with van der Waals surface area (Å²) in [6.45, 7) is 7.40. The molecule has 3 heterocycles. The van der Waals surface area contributed by atoms with Crippen LogP contribution in [-0.2, 0) is 4.74 Å². The van der Waals surface area contributed by atoms with E-state index in [1.165, 1.54) is 0 Å². The quantitative estimate of drug-likeness (QED) is 0.810. The van der Waals surface area contributed by atoms with Crippen LogP contribution in [0.15, 0.2) is 23.0 Å². The van der Waals surface area contributed by atoms with Crippen molar-refractivity contribution in [1.29, 1.82) is 0 Å². The third kappa shape index (κ3) is 3.65. The summed E-state index contributed by atoms with van der Waals surface area (Å²) in [5.41, 5.74) is 2.94. The van der Waals surface area contributed by atoms with Crippen molar-refractivity contribution < 1.29 is 9.53 Å². The maximum atomic E-state index is 12.6. The summed E-state index contributed by atoms with van der Waals surface area (Å²) in [4.78, 5) is 31.9. The molecule has 1 N–H and O–H groups in total. The van der Waals surface area contributed by atoms with Crippen LogP contribution in [0, 0.1) is 19.3 Å². The molecule has 29 heavy (non-hydrogen) atoms. The molecule has 1 aromatic heterocycles. The van der Waals surface area contributed by atoms with Gasteiger partial charge in [-0.05, 0) is 50.8 Å². The fourth-order valence-electron chi connectivity index (χ4n) is 4.81. The first kappa shape index (κ1) is 19.6. The molecule has 2 aromatic rings. The Morgan fingerprint density at radius 2 is 2.10 bits per heavy atom. The Balaban J connectivity index is 1.43. The van der Waals surface area contributed by atoms with E-state index in [-0.39, 0.29) is 30.0 Å². The Morgan fingerprint density at radius 3 is 2.83 bits per heavy atom. The molecule has 154 valence electrons. The first-order valence-electron chi connectivity index (χ1n) is 10.2. The molecule has 1 unspecified atom stereocenters. The van der Waals surface area contributed by atoms with Crippen molar-refractivity contribution in [3.05, 3.63) is 34.2 Å². The van der Waals surface area contributed by atoms with Gasteiger partial charge in [-0.3, -0.25) is 9.47 Å². The second-order valence-corrected chi connectivity index (χ2v) is 8.47. The van der Waals surface area contributed by atoms with E-state index in [9.17, 15) is 9.59 Å². The number of piperidine rings is 1. The number of imidazole rings is 1. The van der Waals surface area contributed by atoms with E-state index < -0.39 is 0 Å². The highest BCUT2D eigenvalue weighted by Gasteiger charge is 2.42. The number of aromatic amines is 1. The normalized spacial score (nSPS) is 23.4. The third-order valence-corrected chi connectivity index (χ3v) is 6.46. The van der Waals surface area contributed by atoms with E-state index >= 15 is 0 Å². The van der Waals surface area contributed by atoms with Crippen LogP contribution in [0.1, 0.15) is 37.8 Å². The predicted octanol–water partition coefficient (Wildman–Crippen LogP) is 2.51. The van der Waals surface area contributed by atoms with Gasteiger partial charge in [-0.2, -0.15) is 0 Å². The summed E-state index contributed by atoms with van der Waals surface area (Å²) in [6, 6.07) is 6.27. The van der Waals surface area contributed by atoms with Gasteiger partial charge in [0, 0.05) is 37.8 Å². The van der Waals surface area contributed by atoms with Gasteiger partial charge in [0.15, 0.2) is 6.61 Å². The van der Waals surface area contributed by atoms with E-state index in [0.29, 0.717) is 13.1 Å². The molecule has 2 fully saturated rings. The van der Waals surface area contributed by atoms with Crippen LogP contribution in [-0.4, -0.2) is 63.8 Å². The highest BCUT2D eigenvalue weighted by atomic mass is 16.6. The number of aromatic nitrogens is 2. The van der Waals surface area contributed by atoms with Crippen molar-refractivity contribution in [2.45, 2.75) is 44.7 Å². The van der Waals surface area contributed by atoms with E-state index in [4.69, 9.17) is 11.2 Å². The molecule has 0 radical (unpaired) electrons. The number of hydrogen-bond acceptors (Lipinski definition) is 4. The number of terminal acetylenes is 1. The smallest absolute Gasteiger partial charge is 0.410 e. The average Bonchev–Trinajstić information content (AvgIpc) is 3.26. The second kappa shape index (κ2) is 7.60. The Kier molecular flexibility index (Phi) is 5.13. The number of aryl methyl sites for hydroxylation is 1. The molecular weight excluding hydrogens is 368 g/mol. The highest BCUT2D eigenvalue weighted by Crippen LogP contribution is 2.34.